The summed E-state index contributed by atoms with van der Waals surface area (Å²) in [5.41, 5.74) is 4.37. The first-order chi connectivity index (χ1) is 8.19. The Hall–Kier alpha value is -1.37. The lowest BCUT2D eigenvalue weighted by Gasteiger charge is -2.14. The second-order valence-electron chi connectivity index (χ2n) is 3.74. The van der Waals surface area contributed by atoms with E-state index in [2.05, 4.69) is 15.4 Å². The molecule has 0 saturated heterocycles. The Balaban J connectivity index is 2.16. The predicted molar refractivity (Wildman–Crippen MR) is 64.8 cm³/mol. The maximum absolute atomic E-state index is 13.1. The van der Waals surface area contributed by atoms with E-state index >= 15 is 0 Å². The molecule has 1 unspecified atom stereocenters. The largest absolute Gasteiger partial charge is 0.271 e. The molecule has 2 rings (SSSR count). The van der Waals surface area contributed by atoms with Crippen LogP contribution in [-0.2, 0) is 6.42 Å². The highest BCUT2D eigenvalue weighted by Crippen LogP contribution is 2.20. The number of hydrazine groups is 1. The lowest BCUT2D eigenvalue weighted by Crippen LogP contribution is -2.29. The molecule has 0 spiro atoms. The van der Waals surface area contributed by atoms with E-state index in [1.54, 1.807) is 17.5 Å². The van der Waals surface area contributed by atoms with Gasteiger partial charge in [-0.3, -0.25) is 16.3 Å². The SMILES string of the molecule is Cc1csc(CC(NN)c2cncc(F)c2)n1. The average Bonchev–Trinajstić information content (AvgIpc) is 2.72. The van der Waals surface area contributed by atoms with Gasteiger partial charge >= 0.3 is 0 Å². The van der Waals surface area contributed by atoms with Gasteiger partial charge in [0.1, 0.15) is 5.82 Å². The number of halogens is 1. The van der Waals surface area contributed by atoms with Crippen LogP contribution in [0.1, 0.15) is 22.3 Å². The zero-order valence-electron chi connectivity index (χ0n) is 9.35. The molecule has 3 N–H and O–H groups in total. The third-order valence-corrected chi connectivity index (χ3v) is 3.36. The highest BCUT2D eigenvalue weighted by Gasteiger charge is 2.13. The van der Waals surface area contributed by atoms with Crippen LogP contribution in [0, 0.1) is 12.7 Å². The number of nitrogens with two attached hydrogens (primary N) is 1. The van der Waals surface area contributed by atoms with Crippen molar-refractivity contribution in [1.82, 2.24) is 15.4 Å². The van der Waals surface area contributed by atoms with Crippen molar-refractivity contribution in [3.8, 4) is 0 Å². The van der Waals surface area contributed by atoms with Crippen LogP contribution in [-0.4, -0.2) is 9.97 Å². The van der Waals surface area contributed by atoms with Crippen molar-refractivity contribution in [2.24, 2.45) is 5.84 Å². The Morgan fingerprint density at radius 3 is 2.94 bits per heavy atom. The minimum Gasteiger partial charge on any atom is -0.271 e. The smallest absolute Gasteiger partial charge is 0.141 e. The highest BCUT2D eigenvalue weighted by atomic mass is 32.1. The summed E-state index contributed by atoms with van der Waals surface area (Å²) in [6, 6.07) is 1.25. The zero-order chi connectivity index (χ0) is 12.3. The molecule has 0 bridgehead atoms. The first kappa shape index (κ1) is 12.1. The van der Waals surface area contributed by atoms with E-state index in [-0.39, 0.29) is 11.9 Å². The van der Waals surface area contributed by atoms with Crippen molar-refractivity contribution in [2.45, 2.75) is 19.4 Å². The molecule has 0 aliphatic heterocycles. The summed E-state index contributed by atoms with van der Waals surface area (Å²) in [6.45, 7) is 1.94. The van der Waals surface area contributed by atoms with E-state index in [9.17, 15) is 4.39 Å². The van der Waals surface area contributed by atoms with Crippen molar-refractivity contribution in [3.63, 3.8) is 0 Å². The topological polar surface area (TPSA) is 63.8 Å². The van der Waals surface area contributed by atoms with Crippen LogP contribution < -0.4 is 11.3 Å². The molecule has 0 fully saturated rings. The minimum absolute atomic E-state index is 0.177. The highest BCUT2D eigenvalue weighted by molar-refractivity contribution is 7.09. The van der Waals surface area contributed by atoms with E-state index in [4.69, 9.17) is 5.84 Å². The molecular formula is C11H13FN4S. The van der Waals surface area contributed by atoms with Gasteiger partial charge in [0.25, 0.3) is 0 Å². The third-order valence-electron chi connectivity index (χ3n) is 2.37. The molecule has 17 heavy (non-hydrogen) atoms. The van der Waals surface area contributed by atoms with Gasteiger partial charge in [0.2, 0.25) is 0 Å². The molecule has 0 aliphatic carbocycles. The monoisotopic (exact) mass is 252 g/mol. The predicted octanol–water partition coefficient (Wildman–Crippen LogP) is 1.73. The first-order valence-electron chi connectivity index (χ1n) is 5.16. The van der Waals surface area contributed by atoms with E-state index in [1.165, 1.54) is 12.3 Å². The minimum atomic E-state index is -0.363. The fourth-order valence-corrected chi connectivity index (χ4v) is 2.38. The normalized spacial score (nSPS) is 12.6. The van der Waals surface area contributed by atoms with Crippen molar-refractivity contribution in [3.05, 3.63) is 45.9 Å². The number of aryl methyl sites for hydroxylation is 1. The summed E-state index contributed by atoms with van der Waals surface area (Å²) in [5, 5.41) is 2.95. The summed E-state index contributed by atoms with van der Waals surface area (Å²) in [6.07, 6.45) is 3.40. The van der Waals surface area contributed by atoms with Crippen LogP contribution in [0.15, 0.2) is 23.8 Å². The Bertz CT molecular complexity index is 500. The van der Waals surface area contributed by atoms with Gasteiger partial charge in [0, 0.05) is 23.7 Å². The Kier molecular flexibility index (Phi) is 3.78. The summed E-state index contributed by atoms with van der Waals surface area (Å²) in [7, 11) is 0. The Labute approximate surface area is 103 Å². The number of nitrogens with zero attached hydrogens (tertiary/aromatic N) is 2. The van der Waals surface area contributed by atoms with Gasteiger partial charge in [-0.1, -0.05) is 0 Å². The molecule has 2 heterocycles. The molecular weight excluding hydrogens is 239 g/mol. The summed E-state index contributed by atoms with van der Waals surface area (Å²) in [5.74, 6) is 5.12. The second kappa shape index (κ2) is 5.31. The zero-order valence-corrected chi connectivity index (χ0v) is 10.2. The van der Waals surface area contributed by atoms with Crippen molar-refractivity contribution in [2.75, 3.05) is 0 Å². The van der Waals surface area contributed by atoms with E-state index in [0.29, 0.717) is 6.42 Å². The van der Waals surface area contributed by atoms with Crippen molar-refractivity contribution < 1.29 is 4.39 Å². The van der Waals surface area contributed by atoms with Crippen LogP contribution in [0.25, 0.3) is 0 Å². The number of hydrogen-bond acceptors (Lipinski definition) is 5. The summed E-state index contributed by atoms with van der Waals surface area (Å²) < 4.78 is 13.1. The molecule has 4 nitrogen and oxygen atoms in total. The van der Waals surface area contributed by atoms with E-state index in [1.807, 2.05) is 12.3 Å². The molecule has 0 aliphatic rings. The number of hydrogen-bond donors (Lipinski definition) is 2. The van der Waals surface area contributed by atoms with Gasteiger partial charge in [-0.15, -0.1) is 11.3 Å². The molecule has 1 atom stereocenters. The maximum Gasteiger partial charge on any atom is 0.141 e. The third kappa shape index (κ3) is 3.06. The molecule has 0 radical (unpaired) electrons. The van der Waals surface area contributed by atoms with E-state index in [0.717, 1.165) is 16.3 Å². The maximum atomic E-state index is 13.1. The number of thiazole rings is 1. The molecule has 0 saturated carbocycles. The van der Waals surface area contributed by atoms with Gasteiger partial charge in [0.15, 0.2) is 0 Å². The fourth-order valence-electron chi connectivity index (χ4n) is 1.56. The quantitative estimate of drug-likeness (QED) is 0.642. The fraction of sp³-hybridized carbons (Fsp3) is 0.273. The van der Waals surface area contributed by atoms with Gasteiger partial charge < -0.3 is 0 Å². The molecule has 2 aromatic rings. The van der Waals surface area contributed by atoms with Crippen LogP contribution >= 0.6 is 11.3 Å². The molecule has 0 aromatic carbocycles. The summed E-state index contributed by atoms with van der Waals surface area (Å²) in [4.78, 5) is 8.17. The van der Waals surface area contributed by atoms with Crippen LogP contribution in [0.4, 0.5) is 4.39 Å². The van der Waals surface area contributed by atoms with Gasteiger partial charge in [-0.05, 0) is 18.6 Å². The Morgan fingerprint density at radius 2 is 2.35 bits per heavy atom. The van der Waals surface area contributed by atoms with Crippen LogP contribution in [0.3, 0.4) is 0 Å². The van der Waals surface area contributed by atoms with Gasteiger partial charge in [-0.2, -0.15) is 0 Å². The Morgan fingerprint density at radius 1 is 1.53 bits per heavy atom. The molecule has 0 amide bonds. The van der Waals surface area contributed by atoms with Gasteiger partial charge in [-0.25, -0.2) is 9.37 Å². The van der Waals surface area contributed by atoms with Crippen LogP contribution in [0.5, 0.6) is 0 Å². The lowest BCUT2D eigenvalue weighted by atomic mass is 10.1. The number of nitrogens with one attached hydrogen (secondary N) is 1. The average molecular weight is 252 g/mol. The second-order valence-corrected chi connectivity index (χ2v) is 4.69. The lowest BCUT2D eigenvalue weighted by molar-refractivity contribution is 0.539. The van der Waals surface area contributed by atoms with Crippen LogP contribution in [0.2, 0.25) is 0 Å². The number of aromatic nitrogens is 2. The van der Waals surface area contributed by atoms with Gasteiger partial charge in [0.05, 0.1) is 17.2 Å². The molecule has 2 aromatic heterocycles. The number of rotatable bonds is 4. The molecule has 90 valence electrons. The molecule has 6 heteroatoms. The summed E-state index contributed by atoms with van der Waals surface area (Å²) >= 11 is 1.57. The van der Waals surface area contributed by atoms with Crippen molar-refractivity contribution in [1.29, 1.82) is 0 Å². The van der Waals surface area contributed by atoms with Crippen molar-refractivity contribution >= 4 is 11.3 Å². The standard InChI is InChI=1S/C11H13FN4S/c1-7-6-17-11(15-7)3-10(16-13)8-2-9(12)5-14-4-8/h2,4-6,10,16H,3,13H2,1H3. The number of pyridine rings is 1. The van der Waals surface area contributed by atoms with E-state index < -0.39 is 0 Å². The first-order valence-corrected chi connectivity index (χ1v) is 6.04.